The Kier molecular flexibility index (Phi) is 4.98. The zero-order chi connectivity index (χ0) is 8.69. The Morgan fingerprint density at radius 3 is 1.91 bits per heavy atom. The van der Waals surface area contributed by atoms with Crippen molar-refractivity contribution < 1.29 is 4.79 Å². The van der Waals surface area contributed by atoms with E-state index in [1.54, 1.807) is 6.92 Å². The van der Waals surface area contributed by atoms with Crippen molar-refractivity contribution in [1.82, 2.24) is 0 Å². The lowest BCUT2D eigenvalue weighted by Crippen LogP contribution is -2.02. The van der Waals surface area contributed by atoms with E-state index in [0.29, 0.717) is 0 Å². The second-order valence-corrected chi connectivity index (χ2v) is 1.92. The summed E-state index contributed by atoms with van der Waals surface area (Å²) in [5, 5.41) is 0. The molecule has 0 aliphatic carbocycles. The van der Waals surface area contributed by atoms with E-state index in [-0.39, 0.29) is 5.78 Å². The van der Waals surface area contributed by atoms with Gasteiger partial charge in [0.1, 0.15) is 0 Å². The van der Waals surface area contributed by atoms with Crippen molar-refractivity contribution in [3.8, 4) is 0 Å². The second-order valence-electron chi connectivity index (χ2n) is 1.92. The molecule has 0 fully saturated rings. The highest BCUT2D eigenvalue weighted by Crippen LogP contribution is 1.97. The molecule has 0 saturated carbocycles. The summed E-state index contributed by atoms with van der Waals surface area (Å²) in [6, 6.07) is 9.23. The number of hydrogen-bond donors (Lipinski definition) is 2. The second kappa shape index (κ2) is 5.58. The van der Waals surface area contributed by atoms with Crippen LogP contribution in [0.1, 0.15) is 17.3 Å². The first-order valence-electron chi connectivity index (χ1n) is 3.20. The van der Waals surface area contributed by atoms with Crippen molar-refractivity contribution in [2.45, 2.75) is 6.92 Å². The smallest absolute Gasteiger partial charge is 0.159 e. The van der Waals surface area contributed by atoms with E-state index in [0.717, 1.165) is 5.56 Å². The van der Waals surface area contributed by atoms with Gasteiger partial charge in [-0.1, -0.05) is 30.3 Å². The van der Waals surface area contributed by atoms with Crippen molar-refractivity contribution >= 4 is 5.78 Å². The van der Waals surface area contributed by atoms with Gasteiger partial charge in [0.05, 0.1) is 0 Å². The van der Waals surface area contributed by atoms with Gasteiger partial charge < -0.3 is 0 Å². The summed E-state index contributed by atoms with van der Waals surface area (Å²) in [7, 11) is 0. The van der Waals surface area contributed by atoms with Crippen LogP contribution in [0.15, 0.2) is 30.3 Å². The molecule has 0 spiro atoms. The molecule has 0 saturated heterocycles. The van der Waals surface area contributed by atoms with Gasteiger partial charge in [-0.2, -0.15) is 0 Å². The van der Waals surface area contributed by atoms with Gasteiger partial charge >= 0.3 is 0 Å². The van der Waals surface area contributed by atoms with E-state index >= 15 is 0 Å². The topological polar surface area (TPSA) is 69.1 Å². The molecule has 0 aliphatic heterocycles. The fourth-order valence-corrected chi connectivity index (χ4v) is 0.673. The van der Waals surface area contributed by atoms with Crippen LogP contribution in [0.5, 0.6) is 0 Å². The highest BCUT2D eigenvalue weighted by atomic mass is 16.1. The predicted molar refractivity (Wildman–Crippen MR) is 44.8 cm³/mol. The van der Waals surface area contributed by atoms with Gasteiger partial charge in [0.2, 0.25) is 0 Å². The Morgan fingerprint density at radius 2 is 1.64 bits per heavy atom. The van der Waals surface area contributed by atoms with Gasteiger partial charge in [0.15, 0.2) is 5.78 Å². The van der Waals surface area contributed by atoms with Crippen LogP contribution in [0.3, 0.4) is 0 Å². The quantitative estimate of drug-likeness (QED) is 0.353. The lowest BCUT2D eigenvalue weighted by Gasteiger charge is -1.89. The highest BCUT2D eigenvalue weighted by molar-refractivity contribution is 5.93. The van der Waals surface area contributed by atoms with Crippen molar-refractivity contribution in [3.63, 3.8) is 0 Å². The molecule has 3 heteroatoms. The summed E-state index contributed by atoms with van der Waals surface area (Å²) in [6.07, 6.45) is 0. The number of Topliss-reactive ketones (excluding diaryl/α,β-unsaturated/α-hetero) is 1. The third-order valence-electron chi connectivity index (χ3n) is 1.18. The van der Waals surface area contributed by atoms with Gasteiger partial charge in [0, 0.05) is 5.56 Å². The molecule has 0 heterocycles. The van der Waals surface area contributed by atoms with Gasteiger partial charge in [-0.3, -0.25) is 16.5 Å². The molecule has 0 aromatic heterocycles. The molecular formula is C8H12N2O. The number of nitrogens with two attached hydrogens (primary N) is 2. The largest absolute Gasteiger partial charge is 0.295 e. The normalized spacial score (nSPS) is 7.91. The summed E-state index contributed by atoms with van der Waals surface area (Å²) in [5.74, 6) is 8.12. The minimum atomic E-state index is 0.121. The van der Waals surface area contributed by atoms with Gasteiger partial charge in [-0.15, -0.1) is 0 Å². The van der Waals surface area contributed by atoms with Crippen LogP contribution in [0.25, 0.3) is 0 Å². The molecule has 60 valence electrons. The molecule has 0 unspecified atom stereocenters. The van der Waals surface area contributed by atoms with Crippen LogP contribution in [-0.2, 0) is 0 Å². The van der Waals surface area contributed by atoms with Crippen molar-refractivity contribution in [3.05, 3.63) is 35.9 Å². The van der Waals surface area contributed by atoms with E-state index in [2.05, 4.69) is 11.7 Å². The molecule has 4 N–H and O–H groups in total. The number of hydrazine groups is 1. The number of hydrogen-bond acceptors (Lipinski definition) is 3. The lowest BCUT2D eigenvalue weighted by molar-refractivity contribution is 0.101. The first-order chi connectivity index (χ1) is 5.30. The summed E-state index contributed by atoms with van der Waals surface area (Å²) < 4.78 is 0. The fourth-order valence-electron chi connectivity index (χ4n) is 0.673. The number of carbonyl (C=O) groups excluding carboxylic acids is 1. The first-order valence-corrected chi connectivity index (χ1v) is 3.20. The Morgan fingerprint density at radius 1 is 1.18 bits per heavy atom. The van der Waals surface area contributed by atoms with Gasteiger partial charge in [-0.05, 0) is 6.92 Å². The molecule has 0 radical (unpaired) electrons. The molecule has 0 atom stereocenters. The highest BCUT2D eigenvalue weighted by Gasteiger charge is 1.92. The number of rotatable bonds is 1. The van der Waals surface area contributed by atoms with Crippen LogP contribution in [0.4, 0.5) is 0 Å². The minimum Gasteiger partial charge on any atom is -0.295 e. The van der Waals surface area contributed by atoms with Crippen molar-refractivity contribution in [2.24, 2.45) is 11.7 Å². The zero-order valence-electron chi connectivity index (χ0n) is 6.45. The SMILES string of the molecule is CC(=O)c1ccccc1.NN. The van der Waals surface area contributed by atoms with E-state index < -0.39 is 0 Å². The van der Waals surface area contributed by atoms with Crippen LogP contribution in [0, 0.1) is 0 Å². The van der Waals surface area contributed by atoms with E-state index in [9.17, 15) is 4.79 Å². The zero-order valence-corrected chi connectivity index (χ0v) is 6.45. The number of benzene rings is 1. The molecular weight excluding hydrogens is 140 g/mol. The Balaban J connectivity index is 0.000000461. The van der Waals surface area contributed by atoms with E-state index in [4.69, 9.17) is 0 Å². The first kappa shape index (κ1) is 9.81. The Bertz CT molecular complexity index is 209. The van der Waals surface area contributed by atoms with Crippen molar-refractivity contribution in [2.75, 3.05) is 0 Å². The molecule has 0 bridgehead atoms. The summed E-state index contributed by atoms with van der Waals surface area (Å²) in [5.41, 5.74) is 0.775. The monoisotopic (exact) mass is 152 g/mol. The number of carbonyl (C=O) groups is 1. The maximum absolute atomic E-state index is 10.6. The van der Waals surface area contributed by atoms with E-state index in [1.165, 1.54) is 0 Å². The summed E-state index contributed by atoms with van der Waals surface area (Å²) in [4.78, 5) is 10.6. The molecule has 1 aromatic carbocycles. The third-order valence-corrected chi connectivity index (χ3v) is 1.18. The average Bonchev–Trinajstić information content (AvgIpc) is 2.10. The summed E-state index contributed by atoms with van der Waals surface area (Å²) >= 11 is 0. The maximum atomic E-state index is 10.6. The standard InChI is InChI=1S/C8H8O.H4N2/c1-7(9)8-5-3-2-4-6-8;1-2/h2-6H,1H3;1-2H2. The molecule has 0 aliphatic rings. The van der Waals surface area contributed by atoms with Gasteiger partial charge in [-0.25, -0.2) is 0 Å². The lowest BCUT2D eigenvalue weighted by atomic mass is 10.2. The Hall–Kier alpha value is -1.19. The van der Waals surface area contributed by atoms with E-state index in [1.807, 2.05) is 30.3 Å². The summed E-state index contributed by atoms with van der Waals surface area (Å²) in [6.45, 7) is 1.56. The van der Waals surface area contributed by atoms with Crippen LogP contribution in [0.2, 0.25) is 0 Å². The fraction of sp³-hybridized carbons (Fsp3) is 0.125. The molecule has 1 aromatic rings. The molecule has 11 heavy (non-hydrogen) atoms. The third kappa shape index (κ3) is 3.50. The minimum absolute atomic E-state index is 0.121. The van der Waals surface area contributed by atoms with Crippen LogP contribution < -0.4 is 11.7 Å². The predicted octanol–water partition coefficient (Wildman–Crippen LogP) is 0.708. The van der Waals surface area contributed by atoms with Gasteiger partial charge in [0.25, 0.3) is 0 Å². The Labute approximate surface area is 66.0 Å². The maximum Gasteiger partial charge on any atom is 0.159 e. The van der Waals surface area contributed by atoms with Crippen molar-refractivity contribution in [1.29, 1.82) is 0 Å². The van der Waals surface area contributed by atoms with Crippen LogP contribution >= 0.6 is 0 Å². The molecule has 3 nitrogen and oxygen atoms in total. The number of ketones is 1. The average molecular weight is 152 g/mol. The molecule has 0 amide bonds. The van der Waals surface area contributed by atoms with Crippen LogP contribution in [-0.4, -0.2) is 5.78 Å². The molecule has 1 rings (SSSR count).